The zero-order valence-electron chi connectivity index (χ0n) is 38.4. The minimum absolute atomic E-state index is 0.000742. The SMILES string of the molecule is [B]c1cc([B])c(-c2c([B])c([B])c([B])c3c2sc2c([B])c([B])c([B])c([B])c23)c([B])c1-c1ncnc2c1oc1ccc(-c3c([B])c([B])c([B])c(-c4c([B])c([B])c(-c5c([B])c([B])c([B])c([B])c5[B])c([B])c4[B])c3[B])cc12. The summed E-state index contributed by atoms with van der Waals surface area (Å²) in [4.78, 5) is 9.23. The van der Waals surface area contributed by atoms with E-state index in [1.165, 1.54) is 23.7 Å². The average Bonchev–Trinajstić information content (AvgIpc) is 3.95. The number of benzene rings is 7. The van der Waals surface area contributed by atoms with Crippen LogP contribution in [0.15, 0.2) is 35.0 Å². The Balaban J connectivity index is 1.16. The highest BCUT2D eigenvalue weighted by Gasteiger charge is 2.28. The second kappa shape index (κ2) is 18.2. The molecule has 0 aliphatic rings. The van der Waals surface area contributed by atoms with E-state index in [-0.39, 0.29) is 176 Å². The van der Waals surface area contributed by atoms with Crippen molar-refractivity contribution in [3.63, 3.8) is 0 Å². The van der Waals surface area contributed by atoms with Crippen molar-refractivity contribution in [2.75, 3.05) is 0 Å². The van der Waals surface area contributed by atoms with Crippen LogP contribution in [0, 0.1) is 0 Å². The molecule has 3 nitrogen and oxygen atoms in total. The molecule has 7 aromatic carbocycles. The van der Waals surface area contributed by atoms with E-state index in [4.69, 9.17) is 185 Å². The molecule has 10 aromatic rings. The number of furan rings is 1. The lowest BCUT2D eigenvalue weighted by molar-refractivity contribution is 0.667. The molecule has 73 heavy (non-hydrogen) atoms. The summed E-state index contributed by atoms with van der Waals surface area (Å²) in [6.07, 6.45) is 1.31. The maximum Gasteiger partial charge on any atom is 0.180 e. The van der Waals surface area contributed by atoms with Crippen molar-refractivity contribution in [1.82, 2.24) is 9.97 Å². The molecule has 0 saturated carbocycles. The lowest BCUT2D eigenvalue weighted by Gasteiger charge is -2.31. The third kappa shape index (κ3) is 7.25. The monoisotopic (exact) mass is 886 g/mol. The molecule has 3 aromatic heterocycles. The average molecular weight is 882 g/mol. The van der Waals surface area contributed by atoms with E-state index in [1.807, 2.05) is 0 Å². The molecule has 3 heterocycles. The molecule has 0 N–H and O–H groups in total. The van der Waals surface area contributed by atoms with E-state index in [9.17, 15) is 0 Å². The Bertz CT molecular complexity index is 4150. The number of nitrogens with zero attached hydrogens (tertiary/aromatic N) is 2. The Hall–Kier alpha value is -4.87. The van der Waals surface area contributed by atoms with Gasteiger partial charge in [0, 0.05) is 14.8 Å². The van der Waals surface area contributed by atoms with Crippen molar-refractivity contribution < 1.29 is 4.42 Å². The highest BCUT2D eigenvalue weighted by atomic mass is 32.1. The highest BCUT2D eigenvalue weighted by Crippen LogP contribution is 2.38. The van der Waals surface area contributed by atoms with Crippen molar-refractivity contribution in [3.8, 4) is 55.8 Å². The summed E-state index contributed by atoms with van der Waals surface area (Å²) in [5.74, 6) is 0. The maximum atomic E-state index is 7.13. The fourth-order valence-corrected chi connectivity index (χ4v) is 11.1. The molecule has 0 atom stereocenters. The molecule has 0 fully saturated rings. The van der Waals surface area contributed by atoms with E-state index in [1.54, 1.807) is 18.2 Å². The zero-order valence-corrected chi connectivity index (χ0v) is 39.2. The third-order valence-corrected chi connectivity index (χ3v) is 14.8. The van der Waals surface area contributed by atoms with Gasteiger partial charge in [-0.05, 0) is 73.0 Å². The smallest absolute Gasteiger partial charge is 0.180 e. The van der Waals surface area contributed by atoms with Gasteiger partial charge in [0.05, 0.1) is 0 Å². The molecule has 0 unspecified atom stereocenters. The molecule has 0 aliphatic carbocycles. The first-order chi connectivity index (χ1) is 34.3. The second-order valence-electron chi connectivity index (χ2n) is 17.5. The standard InChI is InChI=1S/C46H5B23N2OS/c47-8-4-9(48)13(22(50)12(8)18-31(59)35(63)32(60)19-20-33(61)38(66)40(68)41(69)46(20)73-45(18)19)43-44-42(70-5-71-43)7-3-6(1-2-10(7)72-44)11-21(49)14(28(56)34(62)23(11)51)15-24(52)26(54)16(27(55)25(15)53)17-29(57)36(64)39(67)37(65)30(17)58/h1-5H. The minimum atomic E-state index is -0.117. The topological polar surface area (TPSA) is 38.9 Å². The molecule has 0 amide bonds. The number of thiophene rings is 1. The van der Waals surface area contributed by atoms with Gasteiger partial charge in [0.1, 0.15) is 204 Å². The third-order valence-electron chi connectivity index (χ3n) is 13.6. The predicted octanol–water partition coefficient (Wildman–Crippen LogP) is -14.7. The maximum absolute atomic E-state index is 7.13. The molecule has 0 spiro atoms. The summed E-state index contributed by atoms with van der Waals surface area (Å²) in [7, 11) is 152. The van der Waals surface area contributed by atoms with Gasteiger partial charge in [-0.25, -0.2) is 9.97 Å². The van der Waals surface area contributed by atoms with Crippen LogP contribution in [-0.2, 0) is 0 Å². The van der Waals surface area contributed by atoms with Gasteiger partial charge in [-0.1, -0.05) is 99.5 Å². The molecule has 0 bridgehead atoms. The van der Waals surface area contributed by atoms with Crippen molar-refractivity contribution >= 4 is 360 Å². The first-order valence-corrected chi connectivity index (χ1v) is 22.3. The second-order valence-corrected chi connectivity index (χ2v) is 18.5. The van der Waals surface area contributed by atoms with Crippen LogP contribution < -0.4 is 126 Å². The zero-order chi connectivity index (χ0) is 53.0. The van der Waals surface area contributed by atoms with Gasteiger partial charge in [0.25, 0.3) is 0 Å². The van der Waals surface area contributed by atoms with Crippen LogP contribution in [0.1, 0.15) is 0 Å². The number of fused-ring (bicyclic) bond motifs is 6. The Morgan fingerprint density at radius 3 is 1.29 bits per heavy atom. The van der Waals surface area contributed by atoms with Gasteiger partial charge < -0.3 is 4.42 Å². The van der Waals surface area contributed by atoms with Crippen molar-refractivity contribution in [3.05, 3.63) is 30.6 Å². The number of aromatic nitrogens is 2. The van der Waals surface area contributed by atoms with Crippen molar-refractivity contribution in [2.45, 2.75) is 0 Å². The highest BCUT2D eigenvalue weighted by molar-refractivity contribution is 7.28. The van der Waals surface area contributed by atoms with Crippen molar-refractivity contribution in [1.29, 1.82) is 0 Å². The van der Waals surface area contributed by atoms with Gasteiger partial charge in [0.15, 0.2) is 5.58 Å². The van der Waals surface area contributed by atoms with Crippen LogP contribution >= 0.6 is 11.3 Å². The fourth-order valence-electron chi connectivity index (χ4n) is 9.74. The van der Waals surface area contributed by atoms with Gasteiger partial charge in [-0.15, -0.1) is 49.6 Å². The summed E-state index contributed by atoms with van der Waals surface area (Å²) in [6, 6.07) is 6.60. The van der Waals surface area contributed by atoms with Gasteiger partial charge in [-0.3, -0.25) is 0 Å². The Morgan fingerprint density at radius 1 is 0.329 bits per heavy atom. The van der Waals surface area contributed by atoms with Crippen molar-refractivity contribution in [2.24, 2.45) is 0 Å². The molecule has 27 heteroatoms. The van der Waals surface area contributed by atoms with Crippen LogP contribution in [0.5, 0.6) is 0 Å². The molecular formula is C46H5B23N2OS. The van der Waals surface area contributed by atoms with Crippen LogP contribution in [0.25, 0.3) is 98.0 Å². The molecule has 10 rings (SSSR count). The minimum Gasteiger partial charge on any atom is -0.452 e. The molecular weight excluding hydrogens is 877 g/mol. The Kier molecular flexibility index (Phi) is 12.8. The molecule has 280 valence electrons. The van der Waals surface area contributed by atoms with E-state index >= 15 is 0 Å². The largest absolute Gasteiger partial charge is 0.452 e. The molecule has 46 radical (unpaired) electrons. The van der Waals surface area contributed by atoms with E-state index in [0.29, 0.717) is 47.8 Å². The molecule has 0 aliphatic heterocycles. The first-order valence-electron chi connectivity index (χ1n) is 21.5. The summed E-state index contributed by atoms with van der Waals surface area (Å²) in [5.41, 5.74) is 3.00. The van der Waals surface area contributed by atoms with Gasteiger partial charge >= 0.3 is 0 Å². The number of hydrogen-bond acceptors (Lipinski definition) is 4. The summed E-state index contributed by atoms with van der Waals surface area (Å²) < 4.78 is 7.47. The number of hydrogen-bond donors (Lipinski definition) is 0. The van der Waals surface area contributed by atoms with E-state index < -0.39 is 0 Å². The van der Waals surface area contributed by atoms with Gasteiger partial charge in [-0.2, -0.15) is 0 Å². The van der Waals surface area contributed by atoms with Gasteiger partial charge in [0.2, 0.25) is 0 Å². The van der Waals surface area contributed by atoms with E-state index in [2.05, 4.69) is 9.97 Å². The first kappa shape index (κ1) is 51.6. The summed E-state index contributed by atoms with van der Waals surface area (Å²) >= 11 is 1.20. The summed E-state index contributed by atoms with van der Waals surface area (Å²) in [5, 5.41) is 1.33. The Labute approximate surface area is 457 Å². The van der Waals surface area contributed by atoms with Crippen LogP contribution in [-0.4, -0.2) is 190 Å². The van der Waals surface area contributed by atoms with E-state index in [0.717, 1.165) is 0 Å². The van der Waals surface area contributed by atoms with Crippen LogP contribution in [0.4, 0.5) is 0 Å². The van der Waals surface area contributed by atoms with Crippen LogP contribution in [0.2, 0.25) is 0 Å². The van der Waals surface area contributed by atoms with Crippen LogP contribution in [0.3, 0.4) is 0 Å². The lowest BCUT2D eigenvalue weighted by atomic mass is 9.54. The number of rotatable bonds is 5. The quantitative estimate of drug-likeness (QED) is 0.162. The summed E-state index contributed by atoms with van der Waals surface area (Å²) in [6.45, 7) is 0. The lowest BCUT2D eigenvalue weighted by Crippen LogP contribution is -2.57. The molecule has 0 saturated heterocycles. The predicted molar refractivity (Wildman–Crippen MR) is 333 cm³/mol. The Morgan fingerprint density at radius 2 is 0.726 bits per heavy atom. The fraction of sp³-hybridized carbons (Fsp3) is 0. The normalized spacial score (nSPS) is 11.7.